The summed E-state index contributed by atoms with van der Waals surface area (Å²) in [4.78, 5) is 17.4. The zero-order chi connectivity index (χ0) is 19.7. The van der Waals surface area contributed by atoms with E-state index in [1.165, 1.54) is 6.33 Å². The molecule has 8 heteroatoms. The Balaban J connectivity index is 1.53. The van der Waals surface area contributed by atoms with Gasteiger partial charge in [0.25, 0.3) is 0 Å². The predicted octanol–water partition coefficient (Wildman–Crippen LogP) is 3.00. The molecule has 1 fully saturated rings. The van der Waals surface area contributed by atoms with Gasteiger partial charge in [-0.3, -0.25) is 0 Å². The maximum Gasteiger partial charge on any atom is 0.216 e. The number of rotatable bonds is 4. The van der Waals surface area contributed by atoms with Crippen LogP contribution in [0.1, 0.15) is 38.3 Å². The summed E-state index contributed by atoms with van der Waals surface area (Å²) < 4.78 is 26.3. The second kappa shape index (κ2) is 7.52. The van der Waals surface area contributed by atoms with Crippen LogP contribution in [0.15, 0.2) is 43.1 Å². The van der Waals surface area contributed by atoms with Gasteiger partial charge in [-0.05, 0) is 44.9 Å². The highest BCUT2D eigenvalue weighted by Gasteiger charge is 2.31. The van der Waals surface area contributed by atoms with Crippen molar-refractivity contribution in [1.82, 2.24) is 24.2 Å². The maximum absolute atomic E-state index is 12.3. The van der Waals surface area contributed by atoms with Gasteiger partial charge < -0.3 is 0 Å². The van der Waals surface area contributed by atoms with Crippen molar-refractivity contribution in [3.05, 3.63) is 48.8 Å². The number of pyridine rings is 2. The van der Waals surface area contributed by atoms with Crippen molar-refractivity contribution < 1.29 is 8.42 Å². The molecule has 4 heterocycles. The Morgan fingerprint density at radius 1 is 1.04 bits per heavy atom. The molecule has 1 aliphatic heterocycles. The minimum atomic E-state index is -3.18. The van der Waals surface area contributed by atoms with Gasteiger partial charge in [0.15, 0.2) is 5.65 Å². The average Bonchev–Trinajstić information content (AvgIpc) is 2.73. The SMILES string of the molecule is CC(C)S(=O)(=O)N1CCC(c2ccc3cc(-c4cncnc4)cnc3n2)CC1. The molecule has 3 aromatic heterocycles. The highest BCUT2D eigenvalue weighted by Crippen LogP contribution is 2.30. The number of piperidine rings is 1. The van der Waals surface area contributed by atoms with E-state index in [9.17, 15) is 8.42 Å². The minimum absolute atomic E-state index is 0.256. The first kappa shape index (κ1) is 18.9. The molecule has 0 amide bonds. The molecule has 7 nitrogen and oxygen atoms in total. The molecule has 3 aromatic rings. The molecule has 0 saturated carbocycles. The number of aromatic nitrogens is 4. The molecule has 1 saturated heterocycles. The summed E-state index contributed by atoms with van der Waals surface area (Å²) in [6.45, 7) is 4.55. The monoisotopic (exact) mass is 397 g/mol. The van der Waals surface area contributed by atoms with Crippen LogP contribution in [0.3, 0.4) is 0 Å². The highest BCUT2D eigenvalue weighted by atomic mass is 32.2. The van der Waals surface area contributed by atoms with Crippen LogP contribution in [-0.4, -0.2) is 51.0 Å². The van der Waals surface area contributed by atoms with E-state index in [1.54, 1.807) is 36.7 Å². The Morgan fingerprint density at radius 2 is 1.75 bits per heavy atom. The van der Waals surface area contributed by atoms with Crippen LogP contribution < -0.4 is 0 Å². The Morgan fingerprint density at radius 3 is 2.43 bits per heavy atom. The molecule has 0 bridgehead atoms. The molecule has 146 valence electrons. The van der Waals surface area contributed by atoms with Crippen molar-refractivity contribution in [3.8, 4) is 11.1 Å². The van der Waals surface area contributed by atoms with E-state index in [0.717, 1.165) is 35.0 Å². The Hall–Kier alpha value is -2.45. The van der Waals surface area contributed by atoms with Crippen molar-refractivity contribution in [2.75, 3.05) is 13.1 Å². The van der Waals surface area contributed by atoms with E-state index >= 15 is 0 Å². The first-order chi connectivity index (χ1) is 13.4. The summed E-state index contributed by atoms with van der Waals surface area (Å²) in [6, 6.07) is 6.11. The topological polar surface area (TPSA) is 88.9 Å². The van der Waals surface area contributed by atoms with E-state index in [0.29, 0.717) is 18.7 Å². The van der Waals surface area contributed by atoms with Gasteiger partial charge in [-0.1, -0.05) is 0 Å². The van der Waals surface area contributed by atoms with Gasteiger partial charge in [0, 0.05) is 59.8 Å². The summed E-state index contributed by atoms with van der Waals surface area (Å²) >= 11 is 0. The lowest BCUT2D eigenvalue weighted by molar-refractivity contribution is 0.314. The summed E-state index contributed by atoms with van der Waals surface area (Å²) in [5, 5.41) is 0.584. The smallest absolute Gasteiger partial charge is 0.216 e. The van der Waals surface area contributed by atoms with Crippen molar-refractivity contribution in [3.63, 3.8) is 0 Å². The van der Waals surface area contributed by atoms with Gasteiger partial charge >= 0.3 is 0 Å². The Labute approximate surface area is 164 Å². The first-order valence-corrected chi connectivity index (χ1v) is 11.0. The standard InChI is InChI=1S/C20H23N5O2S/c1-14(2)28(26,27)25-7-5-15(6-8-25)19-4-3-16-9-17(12-23-20(16)24-19)18-10-21-13-22-11-18/h3-4,9-15H,5-8H2,1-2H3. The quantitative estimate of drug-likeness (QED) is 0.672. The molecular weight excluding hydrogens is 374 g/mol. The molecular formula is C20H23N5O2S. The van der Waals surface area contributed by atoms with Crippen molar-refractivity contribution >= 4 is 21.1 Å². The summed E-state index contributed by atoms with van der Waals surface area (Å²) in [5.74, 6) is 0.256. The molecule has 0 unspecified atom stereocenters. The van der Waals surface area contributed by atoms with Crippen LogP contribution in [0.5, 0.6) is 0 Å². The van der Waals surface area contributed by atoms with Crippen LogP contribution >= 0.6 is 0 Å². The van der Waals surface area contributed by atoms with Gasteiger partial charge in [-0.2, -0.15) is 0 Å². The lowest BCUT2D eigenvalue weighted by Crippen LogP contribution is -2.41. The fraction of sp³-hybridized carbons (Fsp3) is 0.400. The van der Waals surface area contributed by atoms with Crippen molar-refractivity contribution in [2.24, 2.45) is 0 Å². The third-order valence-electron chi connectivity index (χ3n) is 5.29. The summed E-state index contributed by atoms with van der Waals surface area (Å²) in [5.41, 5.74) is 3.56. The normalized spacial score (nSPS) is 16.7. The zero-order valence-corrected chi connectivity index (χ0v) is 16.8. The van der Waals surface area contributed by atoms with Gasteiger partial charge in [-0.25, -0.2) is 32.7 Å². The molecule has 0 N–H and O–H groups in total. The van der Waals surface area contributed by atoms with Gasteiger partial charge in [0.2, 0.25) is 10.0 Å². The van der Waals surface area contributed by atoms with E-state index in [1.807, 2.05) is 18.2 Å². The lowest BCUT2D eigenvalue weighted by atomic mass is 9.94. The van der Waals surface area contributed by atoms with Crippen molar-refractivity contribution in [1.29, 1.82) is 0 Å². The summed E-state index contributed by atoms with van der Waals surface area (Å²) in [6.07, 6.45) is 8.38. The number of hydrogen-bond donors (Lipinski definition) is 0. The molecule has 4 rings (SSSR count). The second-order valence-corrected chi connectivity index (χ2v) is 9.89. The Kier molecular flexibility index (Phi) is 5.07. The maximum atomic E-state index is 12.3. The van der Waals surface area contributed by atoms with E-state index in [2.05, 4.69) is 15.0 Å². The molecule has 28 heavy (non-hydrogen) atoms. The van der Waals surface area contributed by atoms with Crippen LogP contribution in [0.2, 0.25) is 0 Å². The minimum Gasteiger partial charge on any atom is -0.244 e. The molecule has 0 radical (unpaired) electrons. The molecule has 0 spiro atoms. The van der Waals surface area contributed by atoms with Gasteiger partial charge in [0.1, 0.15) is 6.33 Å². The first-order valence-electron chi connectivity index (χ1n) is 9.46. The molecule has 0 atom stereocenters. The highest BCUT2D eigenvalue weighted by molar-refractivity contribution is 7.89. The van der Waals surface area contributed by atoms with Gasteiger partial charge in [-0.15, -0.1) is 0 Å². The lowest BCUT2D eigenvalue weighted by Gasteiger charge is -2.32. The fourth-order valence-corrected chi connectivity index (χ4v) is 4.88. The van der Waals surface area contributed by atoms with Crippen LogP contribution in [0.4, 0.5) is 0 Å². The van der Waals surface area contributed by atoms with E-state index in [-0.39, 0.29) is 11.2 Å². The second-order valence-electron chi connectivity index (χ2n) is 7.40. The fourth-order valence-electron chi connectivity index (χ4n) is 3.56. The Bertz CT molecular complexity index is 1080. The number of hydrogen-bond acceptors (Lipinski definition) is 6. The zero-order valence-electron chi connectivity index (χ0n) is 16.0. The number of fused-ring (bicyclic) bond motifs is 1. The summed E-state index contributed by atoms with van der Waals surface area (Å²) in [7, 11) is -3.18. The largest absolute Gasteiger partial charge is 0.244 e. The number of nitrogens with zero attached hydrogens (tertiary/aromatic N) is 5. The third-order valence-corrected chi connectivity index (χ3v) is 7.56. The van der Waals surface area contributed by atoms with Crippen LogP contribution in [0, 0.1) is 0 Å². The number of sulfonamides is 1. The third kappa shape index (κ3) is 3.62. The van der Waals surface area contributed by atoms with Crippen molar-refractivity contribution in [2.45, 2.75) is 37.9 Å². The molecule has 1 aliphatic rings. The van der Waals surface area contributed by atoms with Gasteiger partial charge in [0.05, 0.1) is 5.25 Å². The van der Waals surface area contributed by atoms with Crippen LogP contribution in [-0.2, 0) is 10.0 Å². The molecule has 0 aromatic carbocycles. The van der Waals surface area contributed by atoms with E-state index in [4.69, 9.17) is 4.98 Å². The average molecular weight is 398 g/mol. The molecule has 0 aliphatic carbocycles. The van der Waals surface area contributed by atoms with Crippen LogP contribution in [0.25, 0.3) is 22.2 Å². The predicted molar refractivity (Wildman–Crippen MR) is 108 cm³/mol. The van der Waals surface area contributed by atoms with E-state index < -0.39 is 10.0 Å².